The topological polar surface area (TPSA) is 35.8 Å². The molecular formula is C14H11BrN2S. The lowest BCUT2D eigenvalue weighted by Crippen LogP contribution is -1.94. The second-order valence-corrected chi connectivity index (χ2v) is 5.39. The van der Waals surface area contributed by atoms with E-state index in [1.807, 2.05) is 48.7 Å². The van der Waals surface area contributed by atoms with Gasteiger partial charge in [0.05, 0.1) is 11.3 Å². The highest BCUT2D eigenvalue weighted by atomic mass is 79.9. The first-order valence-electron chi connectivity index (χ1n) is 5.34. The minimum Gasteiger partial charge on any atom is -0.354 e. The van der Waals surface area contributed by atoms with Gasteiger partial charge in [-0.25, -0.2) is 0 Å². The molecule has 18 heavy (non-hydrogen) atoms. The van der Waals surface area contributed by atoms with E-state index in [-0.39, 0.29) is 0 Å². The molecule has 0 aliphatic rings. The Balaban J connectivity index is 2.35. The van der Waals surface area contributed by atoms with Gasteiger partial charge in [0.2, 0.25) is 0 Å². The average molecular weight is 319 g/mol. The van der Waals surface area contributed by atoms with Crippen LogP contribution in [0.2, 0.25) is 0 Å². The summed E-state index contributed by atoms with van der Waals surface area (Å²) in [6.45, 7) is 0. The number of thioether (sulfide) groups is 1. The average Bonchev–Trinajstić information content (AvgIpc) is 2.41. The molecule has 2 aromatic carbocycles. The molecular weight excluding hydrogens is 308 g/mol. The largest absolute Gasteiger partial charge is 0.354 e. The maximum absolute atomic E-state index is 9.24. The van der Waals surface area contributed by atoms with Crippen molar-refractivity contribution in [3.63, 3.8) is 0 Å². The summed E-state index contributed by atoms with van der Waals surface area (Å²) in [6, 6.07) is 15.9. The first-order chi connectivity index (χ1) is 8.74. The summed E-state index contributed by atoms with van der Waals surface area (Å²) >= 11 is 4.98. The molecule has 0 spiro atoms. The number of hydrogen-bond acceptors (Lipinski definition) is 3. The van der Waals surface area contributed by atoms with Crippen LogP contribution in [0, 0.1) is 11.3 Å². The number of benzene rings is 2. The molecule has 2 aromatic rings. The molecule has 0 atom stereocenters. The molecule has 0 aromatic heterocycles. The van der Waals surface area contributed by atoms with Gasteiger partial charge in [0.15, 0.2) is 0 Å². The second-order valence-electron chi connectivity index (χ2n) is 3.63. The molecule has 2 rings (SSSR count). The zero-order valence-electron chi connectivity index (χ0n) is 9.77. The van der Waals surface area contributed by atoms with E-state index < -0.39 is 0 Å². The van der Waals surface area contributed by atoms with E-state index in [0.717, 1.165) is 20.7 Å². The molecule has 0 radical (unpaired) electrons. The van der Waals surface area contributed by atoms with Crippen LogP contribution in [0.3, 0.4) is 0 Å². The SMILES string of the molecule is CSc1cccc(Nc2ccc(Br)cc2)c1C#N. The fraction of sp³-hybridized carbons (Fsp3) is 0.0714. The number of nitrogens with one attached hydrogen (secondary N) is 1. The van der Waals surface area contributed by atoms with E-state index in [2.05, 4.69) is 27.3 Å². The molecule has 4 heteroatoms. The van der Waals surface area contributed by atoms with Crippen molar-refractivity contribution >= 4 is 39.1 Å². The fourth-order valence-electron chi connectivity index (χ4n) is 1.61. The summed E-state index contributed by atoms with van der Waals surface area (Å²) in [5, 5.41) is 12.5. The number of rotatable bonds is 3. The number of hydrogen-bond donors (Lipinski definition) is 1. The van der Waals surface area contributed by atoms with Crippen LogP contribution >= 0.6 is 27.7 Å². The monoisotopic (exact) mass is 318 g/mol. The van der Waals surface area contributed by atoms with Gasteiger partial charge < -0.3 is 5.32 Å². The molecule has 2 nitrogen and oxygen atoms in total. The highest BCUT2D eigenvalue weighted by Crippen LogP contribution is 2.28. The van der Waals surface area contributed by atoms with Crippen LogP contribution in [0.4, 0.5) is 11.4 Å². The normalized spacial score (nSPS) is 9.83. The maximum atomic E-state index is 9.24. The van der Waals surface area contributed by atoms with Gasteiger partial charge in [-0.15, -0.1) is 11.8 Å². The Kier molecular flexibility index (Phi) is 4.29. The fourth-order valence-corrected chi connectivity index (χ4v) is 2.45. The van der Waals surface area contributed by atoms with E-state index >= 15 is 0 Å². The Bertz CT molecular complexity index is 588. The van der Waals surface area contributed by atoms with E-state index in [4.69, 9.17) is 0 Å². The van der Waals surface area contributed by atoms with Gasteiger partial charge in [-0.3, -0.25) is 0 Å². The van der Waals surface area contributed by atoms with Gasteiger partial charge in [-0.05, 0) is 42.7 Å². The van der Waals surface area contributed by atoms with Crippen LogP contribution in [0.15, 0.2) is 51.8 Å². The van der Waals surface area contributed by atoms with Gasteiger partial charge in [-0.1, -0.05) is 22.0 Å². The zero-order valence-corrected chi connectivity index (χ0v) is 12.2. The first kappa shape index (κ1) is 13.0. The molecule has 0 saturated carbocycles. The molecule has 0 amide bonds. The predicted octanol–water partition coefficient (Wildman–Crippen LogP) is 4.79. The van der Waals surface area contributed by atoms with Crippen LogP contribution in [0.25, 0.3) is 0 Å². The molecule has 1 N–H and O–H groups in total. The lowest BCUT2D eigenvalue weighted by Gasteiger charge is -2.10. The van der Waals surface area contributed by atoms with Crippen LogP contribution in [0.1, 0.15) is 5.56 Å². The lowest BCUT2D eigenvalue weighted by atomic mass is 10.2. The summed E-state index contributed by atoms with van der Waals surface area (Å²) in [4.78, 5) is 0.986. The van der Waals surface area contributed by atoms with Crippen molar-refractivity contribution in [2.45, 2.75) is 4.90 Å². The zero-order chi connectivity index (χ0) is 13.0. The number of nitriles is 1. The van der Waals surface area contributed by atoms with Gasteiger partial charge in [0.1, 0.15) is 6.07 Å². The third-order valence-electron chi connectivity index (χ3n) is 2.48. The van der Waals surface area contributed by atoms with Crippen molar-refractivity contribution < 1.29 is 0 Å². The van der Waals surface area contributed by atoms with Gasteiger partial charge in [-0.2, -0.15) is 5.26 Å². The molecule has 0 aliphatic heterocycles. The van der Waals surface area contributed by atoms with E-state index in [9.17, 15) is 5.26 Å². The van der Waals surface area contributed by atoms with Crippen molar-refractivity contribution in [2.24, 2.45) is 0 Å². The predicted molar refractivity (Wildman–Crippen MR) is 80.4 cm³/mol. The molecule has 0 bridgehead atoms. The molecule has 0 unspecified atom stereocenters. The molecule has 0 aliphatic carbocycles. The van der Waals surface area contributed by atoms with Crippen LogP contribution in [0.5, 0.6) is 0 Å². The smallest absolute Gasteiger partial charge is 0.103 e. The van der Waals surface area contributed by atoms with Gasteiger partial charge in [0, 0.05) is 15.1 Å². The summed E-state index contributed by atoms with van der Waals surface area (Å²) in [5.41, 5.74) is 2.49. The van der Waals surface area contributed by atoms with Crippen molar-refractivity contribution in [3.05, 3.63) is 52.5 Å². The van der Waals surface area contributed by atoms with Crippen LogP contribution in [-0.2, 0) is 0 Å². The highest BCUT2D eigenvalue weighted by Gasteiger charge is 2.07. The third-order valence-corrected chi connectivity index (χ3v) is 3.79. The third kappa shape index (κ3) is 2.87. The Morgan fingerprint density at radius 2 is 1.89 bits per heavy atom. The maximum Gasteiger partial charge on any atom is 0.103 e. The number of nitrogens with zero attached hydrogens (tertiary/aromatic N) is 1. The molecule has 0 fully saturated rings. The molecule has 0 heterocycles. The Morgan fingerprint density at radius 1 is 1.17 bits per heavy atom. The lowest BCUT2D eigenvalue weighted by molar-refractivity contribution is 1.36. The minimum absolute atomic E-state index is 0.688. The summed E-state index contributed by atoms with van der Waals surface area (Å²) in [6.07, 6.45) is 1.97. The van der Waals surface area contributed by atoms with Gasteiger partial charge in [0.25, 0.3) is 0 Å². The quantitative estimate of drug-likeness (QED) is 0.827. The Morgan fingerprint density at radius 3 is 2.50 bits per heavy atom. The number of halogens is 1. The Labute approximate surface area is 119 Å². The summed E-state index contributed by atoms with van der Waals surface area (Å²) in [7, 11) is 0. The van der Waals surface area contributed by atoms with Crippen LogP contribution < -0.4 is 5.32 Å². The highest BCUT2D eigenvalue weighted by molar-refractivity contribution is 9.10. The summed E-state index contributed by atoms with van der Waals surface area (Å²) < 4.78 is 1.03. The molecule has 0 saturated heterocycles. The minimum atomic E-state index is 0.688. The van der Waals surface area contributed by atoms with Crippen molar-refractivity contribution in [3.8, 4) is 6.07 Å². The second kappa shape index (κ2) is 5.94. The Hall–Kier alpha value is -1.44. The van der Waals surface area contributed by atoms with E-state index in [1.54, 1.807) is 11.8 Å². The van der Waals surface area contributed by atoms with E-state index in [1.165, 1.54) is 0 Å². The first-order valence-corrected chi connectivity index (χ1v) is 7.36. The number of anilines is 2. The van der Waals surface area contributed by atoms with E-state index in [0.29, 0.717) is 5.56 Å². The van der Waals surface area contributed by atoms with Crippen molar-refractivity contribution in [2.75, 3.05) is 11.6 Å². The van der Waals surface area contributed by atoms with Crippen molar-refractivity contribution in [1.29, 1.82) is 5.26 Å². The standard InChI is InChI=1S/C14H11BrN2S/c1-18-14-4-2-3-13(12(14)9-16)17-11-7-5-10(15)6-8-11/h2-8,17H,1H3. The van der Waals surface area contributed by atoms with Crippen molar-refractivity contribution in [1.82, 2.24) is 0 Å². The van der Waals surface area contributed by atoms with Gasteiger partial charge >= 0.3 is 0 Å². The molecule has 90 valence electrons. The van der Waals surface area contributed by atoms with Crippen LogP contribution in [-0.4, -0.2) is 6.26 Å². The summed E-state index contributed by atoms with van der Waals surface area (Å²) in [5.74, 6) is 0.